The summed E-state index contributed by atoms with van der Waals surface area (Å²) in [5.74, 6) is -0.158. The molecule has 0 radical (unpaired) electrons. The Morgan fingerprint density at radius 3 is 2.56 bits per heavy atom. The van der Waals surface area contributed by atoms with Crippen molar-refractivity contribution < 1.29 is 18.7 Å². The van der Waals surface area contributed by atoms with Crippen molar-refractivity contribution in [2.45, 2.75) is 17.0 Å². The van der Waals surface area contributed by atoms with Gasteiger partial charge in [-0.1, -0.05) is 36.4 Å². The molecule has 0 bridgehead atoms. The number of hydrogen-bond acceptors (Lipinski definition) is 6. The number of carbonyl (C=O) groups excluding carboxylic acids is 2. The molecule has 4 aromatic rings. The summed E-state index contributed by atoms with van der Waals surface area (Å²) in [6.45, 7) is 5.21. The third-order valence-corrected chi connectivity index (χ3v) is 8.86. The van der Waals surface area contributed by atoms with Gasteiger partial charge in [-0.15, -0.1) is 11.8 Å². The number of fused-ring (bicyclic) bond motifs is 5. The summed E-state index contributed by atoms with van der Waals surface area (Å²) in [7, 11) is 0. The molecule has 7 nitrogen and oxygen atoms in total. The van der Waals surface area contributed by atoms with Gasteiger partial charge in [0.2, 0.25) is 10.8 Å². The van der Waals surface area contributed by atoms with Gasteiger partial charge < -0.3 is 9.15 Å². The Labute approximate surface area is 212 Å². The first kappa shape index (κ1) is 21.9. The van der Waals surface area contributed by atoms with Crippen LogP contribution in [0.25, 0.3) is 21.9 Å². The summed E-state index contributed by atoms with van der Waals surface area (Å²) in [4.78, 5) is 32.7. The summed E-state index contributed by atoms with van der Waals surface area (Å²) in [6.07, 6.45) is 0. The van der Waals surface area contributed by atoms with E-state index in [9.17, 15) is 9.59 Å². The first-order valence-electron chi connectivity index (χ1n) is 12.2. The minimum atomic E-state index is -1.15. The number of rotatable bonds is 3. The van der Waals surface area contributed by atoms with Crippen molar-refractivity contribution in [2.24, 2.45) is 0 Å². The maximum atomic E-state index is 14.4. The summed E-state index contributed by atoms with van der Waals surface area (Å²) in [5.41, 5.74) is 3.88. The van der Waals surface area contributed by atoms with E-state index in [1.165, 1.54) is 11.8 Å². The second-order valence-electron chi connectivity index (χ2n) is 9.48. The Morgan fingerprint density at radius 2 is 1.69 bits per heavy atom. The van der Waals surface area contributed by atoms with Crippen molar-refractivity contribution in [3.05, 3.63) is 72.3 Å². The first-order chi connectivity index (χ1) is 17.6. The zero-order chi connectivity index (χ0) is 24.4. The lowest BCUT2D eigenvalue weighted by molar-refractivity contribution is -0.124. The molecule has 2 fully saturated rings. The SMILES string of the molecule is C[C@H]1S[C@]2(C(=O)N(CN3CCOCC3)c3ccccc32)N(c2ccc3c(c2)oc2ccccc23)C1=O. The Balaban J connectivity index is 1.37. The summed E-state index contributed by atoms with van der Waals surface area (Å²) >= 11 is 1.42. The summed E-state index contributed by atoms with van der Waals surface area (Å²) in [6, 6.07) is 21.6. The van der Waals surface area contributed by atoms with Gasteiger partial charge in [-0.2, -0.15) is 0 Å². The quantitative estimate of drug-likeness (QED) is 0.412. The molecule has 7 rings (SSSR count). The molecule has 1 spiro atoms. The van der Waals surface area contributed by atoms with Crippen LogP contribution < -0.4 is 9.80 Å². The number of carbonyl (C=O) groups is 2. The topological polar surface area (TPSA) is 66.2 Å². The standard InChI is InChI=1S/C28H25N3O4S/c1-18-26(32)31(19-10-11-21-20-6-2-5-9-24(20)35-25(21)16-19)28(36-18)22-7-3-4-8-23(22)30(27(28)33)17-29-12-14-34-15-13-29/h2-11,16,18H,12-15,17H2,1H3/t18-,28-/m1/s1. The molecule has 2 atom stereocenters. The van der Waals surface area contributed by atoms with Crippen LogP contribution in [0.15, 0.2) is 71.1 Å². The van der Waals surface area contributed by atoms with Gasteiger partial charge in [0.1, 0.15) is 11.2 Å². The Morgan fingerprint density at radius 1 is 0.944 bits per heavy atom. The molecule has 3 aromatic carbocycles. The number of thioether (sulfide) groups is 1. The van der Waals surface area contributed by atoms with Gasteiger partial charge in [0.25, 0.3) is 5.91 Å². The molecule has 2 saturated heterocycles. The predicted molar refractivity (Wildman–Crippen MR) is 141 cm³/mol. The van der Waals surface area contributed by atoms with Gasteiger partial charge in [0.15, 0.2) is 0 Å². The molecule has 2 amide bonds. The Hall–Kier alpha value is -3.33. The third kappa shape index (κ3) is 3.01. The molecule has 0 N–H and O–H groups in total. The Bertz CT molecular complexity index is 1530. The number of ether oxygens (including phenoxy) is 1. The van der Waals surface area contributed by atoms with Crippen LogP contribution in [0.2, 0.25) is 0 Å². The number of morpholine rings is 1. The molecule has 36 heavy (non-hydrogen) atoms. The number of benzene rings is 3. The monoisotopic (exact) mass is 499 g/mol. The van der Waals surface area contributed by atoms with Crippen molar-refractivity contribution >= 4 is 56.9 Å². The number of amides is 2. The maximum absolute atomic E-state index is 14.4. The molecular weight excluding hydrogens is 474 g/mol. The van der Waals surface area contributed by atoms with E-state index in [-0.39, 0.29) is 17.1 Å². The third-order valence-electron chi connectivity index (χ3n) is 7.39. The van der Waals surface area contributed by atoms with Crippen LogP contribution in [0.3, 0.4) is 0 Å². The highest BCUT2D eigenvalue weighted by Gasteiger charge is 2.63. The van der Waals surface area contributed by atoms with Crippen molar-refractivity contribution in [3.8, 4) is 0 Å². The fourth-order valence-electron chi connectivity index (χ4n) is 5.67. The molecule has 1 aromatic heterocycles. The van der Waals surface area contributed by atoms with Crippen LogP contribution in [0.4, 0.5) is 11.4 Å². The highest BCUT2D eigenvalue weighted by atomic mass is 32.2. The zero-order valence-corrected chi connectivity index (χ0v) is 20.7. The zero-order valence-electron chi connectivity index (χ0n) is 19.8. The van der Waals surface area contributed by atoms with Crippen LogP contribution in [-0.2, 0) is 19.2 Å². The molecule has 3 aliphatic heterocycles. The smallest absolute Gasteiger partial charge is 0.269 e. The lowest BCUT2D eigenvalue weighted by atomic mass is 10.0. The van der Waals surface area contributed by atoms with Gasteiger partial charge in [-0.25, -0.2) is 0 Å². The number of hydrogen-bond donors (Lipinski definition) is 0. The number of para-hydroxylation sites is 2. The van der Waals surface area contributed by atoms with Crippen LogP contribution in [-0.4, -0.2) is 54.9 Å². The fourth-order valence-corrected chi connectivity index (χ4v) is 7.20. The highest BCUT2D eigenvalue weighted by Crippen LogP contribution is 2.58. The van der Waals surface area contributed by atoms with E-state index >= 15 is 0 Å². The maximum Gasteiger partial charge on any atom is 0.269 e. The van der Waals surface area contributed by atoms with Gasteiger partial charge in [0, 0.05) is 41.2 Å². The van der Waals surface area contributed by atoms with E-state index in [4.69, 9.17) is 9.15 Å². The molecular formula is C28H25N3O4S. The summed E-state index contributed by atoms with van der Waals surface area (Å²) in [5, 5.41) is 1.66. The lowest BCUT2D eigenvalue weighted by Crippen LogP contribution is -2.52. The fraction of sp³-hybridized carbons (Fsp3) is 0.286. The molecule has 182 valence electrons. The van der Waals surface area contributed by atoms with Gasteiger partial charge in [0.05, 0.1) is 30.8 Å². The largest absolute Gasteiger partial charge is 0.456 e. The molecule has 0 aliphatic carbocycles. The lowest BCUT2D eigenvalue weighted by Gasteiger charge is -2.34. The average Bonchev–Trinajstić information content (AvgIpc) is 3.49. The van der Waals surface area contributed by atoms with Gasteiger partial charge in [-0.05, 0) is 31.2 Å². The normalized spacial score (nSPS) is 24.5. The first-order valence-corrected chi connectivity index (χ1v) is 13.1. The molecule has 0 unspecified atom stereocenters. The van der Waals surface area contributed by atoms with Crippen molar-refractivity contribution in [2.75, 3.05) is 42.8 Å². The van der Waals surface area contributed by atoms with Crippen LogP contribution >= 0.6 is 11.8 Å². The van der Waals surface area contributed by atoms with Crippen LogP contribution in [0, 0.1) is 0 Å². The van der Waals surface area contributed by atoms with Gasteiger partial charge >= 0.3 is 0 Å². The predicted octanol–water partition coefficient (Wildman–Crippen LogP) is 4.54. The molecule has 4 heterocycles. The second-order valence-corrected chi connectivity index (χ2v) is 11.0. The molecule has 0 saturated carbocycles. The van der Waals surface area contributed by atoms with E-state index < -0.39 is 4.87 Å². The molecule has 3 aliphatic rings. The average molecular weight is 500 g/mol. The molecule has 8 heteroatoms. The summed E-state index contributed by atoms with van der Waals surface area (Å²) < 4.78 is 11.6. The van der Waals surface area contributed by atoms with E-state index in [1.54, 1.807) is 4.90 Å². The van der Waals surface area contributed by atoms with Crippen LogP contribution in [0.1, 0.15) is 12.5 Å². The minimum Gasteiger partial charge on any atom is -0.456 e. The highest BCUT2D eigenvalue weighted by molar-refractivity contribution is 8.03. The van der Waals surface area contributed by atoms with E-state index in [1.807, 2.05) is 78.6 Å². The number of nitrogens with zero attached hydrogens (tertiary/aromatic N) is 3. The Kier molecular flexibility index (Phi) is 4.93. The van der Waals surface area contributed by atoms with Crippen molar-refractivity contribution in [3.63, 3.8) is 0 Å². The second kappa shape index (κ2) is 8.09. The number of furan rings is 1. The van der Waals surface area contributed by atoms with Crippen molar-refractivity contribution in [1.82, 2.24) is 4.90 Å². The van der Waals surface area contributed by atoms with Crippen LogP contribution in [0.5, 0.6) is 0 Å². The van der Waals surface area contributed by atoms with E-state index in [2.05, 4.69) is 4.90 Å². The number of anilines is 2. The van der Waals surface area contributed by atoms with E-state index in [0.717, 1.165) is 40.7 Å². The van der Waals surface area contributed by atoms with Crippen molar-refractivity contribution in [1.29, 1.82) is 0 Å². The van der Waals surface area contributed by atoms with E-state index in [0.29, 0.717) is 31.2 Å². The van der Waals surface area contributed by atoms with Gasteiger partial charge in [-0.3, -0.25) is 24.3 Å². The minimum absolute atomic E-state index is 0.0770.